The molecule has 0 aliphatic carbocycles. The standard InChI is InChI=1S/C22H26N4O6/c1-13(2)18(26-22(30)31-12-14-6-4-3-5-7-14)20(28)25-16-10-15-11-24-32-17(15)8-9-23-21(29)19(16)27/h3-7,11,13,16,18H,8-10,12H2,1-2H3,(H,23,29)(H,25,28)(H,26,30). The molecule has 3 amide bonds. The van der Waals surface area contributed by atoms with Crippen molar-refractivity contribution in [3.8, 4) is 0 Å². The minimum Gasteiger partial charge on any atom is -0.445 e. The highest BCUT2D eigenvalue weighted by atomic mass is 16.5. The Labute approximate surface area is 185 Å². The van der Waals surface area contributed by atoms with E-state index in [9.17, 15) is 19.2 Å². The van der Waals surface area contributed by atoms with Gasteiger partial charge < -0.3 is 25.2 Å². The van der Waals surface area contributed by atoms with Gasteiger partial charge >= 0.3 is 6.09 Å². The predicted octanol–water partition coefficient (Wildman–Crippen LogP) is 0.894. The highest BCUT2D eigenvalue weighted by Gasteiger charge is 2.33. The number of amides is 3. The maximum Gasteiger partial charge on any atom is 0.408 e. The molecule has 2 aromatic rings. The summed E-state index contributed by atoms with van der Waals surface area (Å²) in [7, 11) is 0. The van der Waals surface area contributed by atoms with Crippen molar-refractivity contribution in [2.75, 3.05) is 6.54 Å². The third-order valence-corrected chi connectivity index (χ3v) is 5.08. The largest absolute Gasteiger partial charge is 0.445 e. The van der Waals surface area contributed by atoms with E-state index < -0.39 is 35.8 Å². The molecule has 2 unspecified atom stereocenters. The molecule has 1 aromatic heterocycles. The Balaban J connectivity index is 1.66. The molecule has 1 aliphatic heterocycles. The number of aromatic nitrogens is 1. The lowest BCUT2D eigenvalue weighted by Crippen LogP contribution is -2.56. The van der Waals surface area contributed by atoms with Crippen molar-refractivity contribution in [3.63, 3.8) is 0 Å². The van der Waals surface area contributed by atoms with E-state index in [4.69, 9.17) is 9.26 Å². The van der Waals surface area contributed by atoms with Gasteiger partial charge in [0.25, 0.3) is 5.91 Å². The number of ketones is 1. The van der Waals surface area contributed by atoms with Crippen LogP contribution in [-0.4, -0.2) is 47.5 Å². The van der Waals surface area contributed by atoms with Crippen LogP contribution in [0.1, 0.15) is 30.7 Å². The number of nitrogens with one attached hydrogen (secondary N) is 3. The van der Waals surface area contributed by atoms with Crippen molar-refractivity contribution in [1.82, 2.24) is 21.1 Å². The van der Waals surface area contributed by atoms with E-state index in [0.29, 0.717) is 17.7 Å². The number of carbonyl (C=O) groups is 4. The molecule has 1 aliphatic rings. The van der Waals surface area contributed by atoms with E-state index in [2.05, 4.69) is 21.1 Å². The van der Waals surface area contributed by atoms with E-state index in [0.717, 1.165) is 5.56 Å². The van der Waals surface area contributed by atoms with Gasteiger partial charge in [-0.2, -0.15) is 0 Å². The van der Waals surface area contributed by atoms with Gasteiger partial charge in [-0.05, 0) is 11.5 Å². The van der Waals surface area contributed by atoms with Crippen LogP contribution >= 0.6 is 0 Å². The second-order valence-electron chi connectivity index (χ2n) is 7.84. The van der Waals surface area contributed by atoms with Gasteiger partial charge in [0.15, 0.2) is 0 Å². The molecule has 1 aromatic carbocycles. The quantitative estimate of drug-likeness (QED) is 0.565. The molecule has 10 nitrogen and oxygen atoms in total. The molecule has 0 bridgehead atoms. The van der Waals surface area contributed by atoms with E-state index in [-0.39, 0.29) is 25.5 Å². The first-order valence-corrected chi connectivity index (χ1v) is 10.4. The lowest BCUT2D eigenvalue weighted by atomic mass is 9.99. The highest BCUT2D eigenvalue weighted by Crippen LogP contribution is 2.14. The summed E-state index contributed by atoms with van der Waals surface area (Å²) in [6.07, 6.45) is 1.15. The number of nitrogens with zero attached hydrogens (tertiary/aromatic N) is 1. The fourth-order valence-electron chi connectivity index (χ4n) is 3.31. The Kier molecular flexibility index (Phi) is 7.58. The summed E-state index contributed by atoms with van der Waals surface area (Å²) < 4.78 is 10.4. The van der Waals surface area contributed by atoms with Gasteiger partial charge in [0.2, 0.25) is 11.7 Å². The number of rotatable bonds is 6. The average Bonchev–Trinajstić information content (AvgIpc) is 3.22. The summed E-state index contributed by atoms with van der Waals surface area (Å²) in [4.78, 5) is 49.9. The Morgan fingerprint density at radius 1 is 1.25 bits per heavy atom. The number of alkyl carbamates (subject to hydrolysis) is 1. The van der Waals surface area contributed by atoms with E-state index in [1.807, 2.05) is 30.3 Å². The zero-order chi connectivity index (χ0) is 23.1. The Hall–Kier alpha value is -3.69. The molecule has 3 rings (SSSR count). The van der Waals surface area contributed by atoms with Crippen molar-refractivity contribution in [3.05, 3.63) is 53.4 Å². The highest BCUT2D eigenvalue weighted by molar-refractivity contribution is 6.38. The minimum absolute atomic E-state index is 0.0522. The number of ether oxygens (including phenoxy) is 1. The molecule has 170 valence electrons. The third-order valence-electron chi connectivity index (χ3n) is 5.08. The second-order valence-corrected chi connectivity index (χ2v) is 7.84. The van der Waals surface area contributed by atoms with Gasteiger partial charge in [0, 0.05) is 24.9 Å². The Morgan fingerprint density at radius 2 is 2.00 bits per heavy atom. The first kappa shape index (κ1) is 23.0. The maximum atomic E-state index is 12.9. The summed E-state index contributed by atoms with van der Waals surface area (Å²) >= 11 is 0. The summed E-state index contributed by atoms with van der Waals surface area (Å²) in [5.74, 6) is -1.92. The Morgan fingerprint density at radius 3 is 2.72 bits per heavy atom. The van der Waals surface area contributed by atoms with Crippen LogP contribution in [0.5, 0.6) is 0 Å². The molecule has 10 heteroatoms. The normalized spacial score (nSPS) is 17.3. The molecule has 0 saturated heterocycles. The average molecular weight is 442 g/mol. The van der Waals surface area contributed by atoms with E-state index in [1.54, 1.807) is 13.8 Å². The number of fused-ring (bicyclic) bond motifs is 1. The van der Waals surface area contributed by atoms with Crippen LogP contribution in [0.25, 0.3) is 0 Å². The predicted molar refractivity (Wildman–Crippen MR) is 112 cm³/mol. The topological polar surface area (TPSA) is 140 Å². The van der Waals surface area contributed by atoms with Crippen LogP contribution in [0.2, 0.25) is 0 Å². The SMILES string of the molecule is CC(C)C(NC(=O)OCc1ccccc1)C(=O)NC1Cc2cnoc2CCNC(=O)C1=O. The van der Waals surface area contributed by atoms with Crippen LogP contribution in [0, 0.1) is 5.92 Å². The number of benzene rings is 1. The molecule has 0 fully saturated rings. The van der Waals surface area contributed by atoms with Crippen molar-refractivity contribution in [2.45, 2.75) is 45.4 Å². The molecule has 32 heavy (non-hydrogen) atoms. The molecule has 2 atom stereocenters. The summed E-state index contributed by atoms with van der Waals surface area (Å²) in [5, 5.41) is 11.4. The number of hydrogen-bond acceptors (Lipinski definition) is 7. The molecule has 0 saturated carbocycles. The molecular weight excluding hydrogens is 416 g/mol. The maximum absolute atomic E-state index is 12.9. The lowest BCUT2D eigenvalue weighted by molar-refractivity contribution is -0.140. The van der Waals surface area contributed by atoms with Crippen molar-refractivity contribution >= 4 is 23.7 Å². The summed E-state index contributed by atoms with van der Waals surface area (Å²) in [6, 6.07) is 7.04. The molecule has 3 N–H and O–H groups in total. The fraction of sp³-hybridized carbons (Fsp3) is 0.409. The number of Topliss-reactive ketones (excluding diaryl/α,β-unsaturated/α-hetero) is 1. The van der Waals surface area contributed by atoms with Crippen LogP contribution < -0.4 is 16.0 Å². The van der Waals surface area contributed by atoms with Crippen molar-refractivity contribution in [1.29, 1.82) is 0 Å². The summed E-state index contributed by atoms with van der Waals surface area (Å²) in [5.41, 5.74) is 1.44. The fourth-order valence-corrected chi connectivity index (χ4v) is 3.31. The molecule has 2 heterocycles. The van der Waals surface area contributed by atoms with Gasteiger partial charge in [-0.3, -0.25) is 14.4 Å². The molecule has 0 spiro atoms. The first-order valence-electron chi connectivity index (χ1n) is 10.4. The lowest BCUT2D eigenvalue weighted by Gasteiger charge is -2.24. The van der Waals surface area contributed by atoms with Crippen LogP contribution in [-0.2, 0) is 38.6 Å². The second kappa shape index (κ2) is 10.6. The smallest absolute Gasteiger partial charge is 0.408 e. The third kappa shape index (κ3) is 5.93. The molecule has 0 radical (unpaired) electrons. The molecular formula is C22H26N4O6. The monoisotopic (exact) mass is 442 g/mol. The van der Waals surface area contributed by atoms with Gasteiger partial charge in [0.1, 0.15) is 24.5 Å². The van der Waals surface area contributed by atoms with E-state index >= 15 is 0 Å². The van der Waals surface area contributed by atoms with Crippen LogP contribution in [0.15, 0.2) is 41.1 Å². The van der Waals surface area contributed by atoms with Crippen molar-refractivity contribution < 1.29 is 28.4 Å². The van der Waals surface area contributed by atoms with E-state index in [1.165, 1.54) is 6.20 Å². The Bertz CT molecular complexity index is 972. The van der Waals surface area contributed by atoms with Crippen LogP contribution in [0.4, 0.5) is 4.79 Å². The number of hydrogen-bond donors (Lipinski definition) is 3. The summed E-state index contributed by atoms with van der Waals surface area (Å²) in [6.45, 7) is 3.77. The van der Waals surface area contributed by atoms with Gasteiger partial charge in [-0.25, -0.2) is 4.79 Å². The van der Waals surface area contributed by atoms with Crippen LogP contribution in [0.3, 0.4) is 0 Å². The van der Waals surface area contributed by atoms with Gasteiger partial charge in [0.05, 0.1) is 6.20 Å². The zero-order valence-corrected chi connectivity index (χ0v) is 17.9. The van der Waals surface area contributed by atoms with Crippen molar-refractivity contribution in [2.24, 2.45) is 5.92 Å². The number of carbonyl (C=O) groups excluding carboxylic acids is 4. The van der Waals surface area contributed by atoms with Gasteiger partial charge in [-0.15, -0.1) is 0 Å². The first-order chi connectivity index (χ1) is 15.3. The zero-order valence-electron chi connectivity index (χ0n) is 17.9. The van der Waals surface area contributed by atoms with Gasteiger partial charge in [-0.1, -0.05) is 49.3 Å². The minimum atomic E-state index is -1.12.